The highest BCUT2D eigenvalue weighted by atomic mass is 127. The number of carbonyl (C=O) groups is 3. The van der Waals surface area contributed by atoms with Crippen LogP contribution in [0.2, 0.25) is 5.02 Å². The number of nitrogens with one attached hydrogen (secondary N) is 1. The summed E-state index contributed by atoms with van der Waals surface area (Å²) < 4.78 is 12.3. The molecule has 1 heterocycles. The zero-order chi connectivity index (χ0) is 23.6. The summed E-state index contributed by atoms with van der Waals surface area (Å²) in [7, 11) is 0. The van der Waals surface area contributed by atoms with Crippen LogP contribution in [-0.2, 0) is 9.59 Å². The van der Waals surface area contributed by atoms with Gasteiger partial charge in [-0.3, -0.25) is 14.9 Å². The lowest BCUT2D eigenvalue weighted by Crippen LogP contribution is -2.54. The highest BCUT2D eigenvalue weighted by molar-refractivity contribution is 14.1. The van der Waals surface area contributed by atoms with Crippen LogP contribution < -0.4 is 19.7 Å². The number of barbiturate groups is 1. The average molecular weight is 569 g/mol. The number of anilines is 1. The van der Waals surface area contributed by atoms with Crippen molar-refractivity contribution < 1.29 is 23.9 Å². The fourth-order valence-electron chi connectivity index (χ4n) is 3.17. The molecule has 0 aromatic heterocycles. The molecule has 4 amide bonds. The summed E-state index contributed by atoms with van der Waals surface area (Å²) in [4.78, 5) is 39.1. The molecule has 0 saturated carbocycles. The van der Waals surface area contributed by atoms with Crippen LogP contribution in [0.25, 0.3) is 6.08 Å². The maximum absolute atomic E-state index is 13.2. The largest absolute Gasteiger partial charge is 0.490 e. The molecular formula is C23H22ClIN2O5. The summed E-state index contributed by atoms with van der Waals surface area (Å²) in [6.07, 6.45) is 1.37. The van der Waals surface area contributed by atoms with Crippen LogP contribution in [-0.4, -0.2) is 30.6 Å². The molecule has 0 aliphatic carbocycles. The molecule has 9 heteroatoms. The average Bonchev–Trinajstić information content (AvgIpc) is 2.71. The van der Waals surface area contributed by atoms with Gasteiger partial charge < -0.3 is 9.47 Å². The number of ether oxygens (including phenoxy) is 2. The first-order chi connectivity index (χ1) is 15.1. The smallest absolute Gasteiger partial charge is 0.335 e. The van der Waals surface area contributed by atoms with Crippen LogP contribution in [0.4, 0.5) is 10.5 Å². The minimum atomic E-state index is -0.826. The zero-order valence-corrected chi connectivity index (χ0v) is 20.9. The second-order valence-corrected chi connectivity index (χ2v) is 8.84. The van der Waals surface area contributed by atoms with Crippen molar-refractivity contribution in [1.29, 1.82) is 0 Å². The highest BCUT2D eigenvalue weighted by Gasteiger charge is 2.37. The van der Waals surface area contributed by atoms with Gasteiger partial charge in [-0.15, -0.1) is 0 Å². The lowest BCUT2D eigenvalue weighted by atomic mass is 10.1. The SMILES string of the molecule is CCOc1cc(/C=C2\C(=O)NC(=O)N(c3cccc(Cl)c3C)C2=O)cc(I)c1OC(C)C. The van der Waals surface area contributed by atoms with E-state index in [0.29, 0.717) is 39.9 Å². The summed E-state index contributed by atoms with van der Waals surface area (Å²) in [5.74, 6) is -0.413. The van der Waals surface area contributed by atoms with Gasteiger partial charge >= 0.3 is 6.03 Å². The van der Waals surface area contributed by atoms with E-state index in [-0.39, 0.29) is 11.7 Å². The van der Waals surface area contributed by atoms with Crippen molar-refractivity contribution in [3.05, 3.63) is 55.6 Å². The van der Waals surface area contributed by atoms with Crippen molar-refractivity contribution in [3.8, 4) is 11.5 Å². The van der Waals surface area contributed by atoms with Crippen molar-refractivity contribution in [2.45, 2.75) is 33.8 Å². The quantitative estimate of drug-likeness (QED) is 0.298. The lowest BCUT2D eigenvalue weighted by Gasteiger charge is -2.27. The first kappa shape index (κ1) is 24.1. The Morgan fingerprint density at radius 2 is 1.94 bits per heavy atom. The molecule has 3 rings (SSSR count). The number of nitrogens with zero attached hydrogens (tertiary/aromatic N) is 1. The molecule has 1 N–H and O–H groups in total. The molecule has 2 aromatic rings. The van der Waals surface area contributed by atoms with E-state index in [2.05, 4.69) is 27.9 Å². The zero-order valence-electron chi connectivity index (χ0n) is 18.0. The number of hydrogen-bond acceptors (Lipinski definition) is 5. The molecule has 1 fully saturated rings. The number of amides is 4. The molecule has 0 bridgehead atoms. The van der Waals surface area contributed by atoms with E-state index in [1.165, 1.54) is 6.08 Å². The van der Waals surface area contributed by atoms with Crippen LogP contribution in [0.3, 0.4) is 0 Å². The number of imide groups is 2. The van der Waals surface area contributed by atoms with Gasteiger partial charge in [0, 0.05) is 5.02 Å². The molecule has 0 unspecified atom stereocenters. The molecule has 1 saturated heterocycles. The highest BCUT2D eigenvalue weighted by Crippen LogP contribution is 2.36. The fraction of sp³-hybridized carbons (Fsp3) is 0.261. The molecule has 168 valence electrons. The van der Waals surface area contributed by atoms with Gasteiger partial charge in [0.15, 0.2) is 11.5 Å². The number of halogens is 2. The predicted octanol–water partition coefficient (Wildman–Crippen LogP) is 5.11. The molecule has 1 aliphatic rings. The van der Waals surface area contributed by atoms with E-state index in [1.807, 2.05) is 20.8 Å². The van der Waals surface area contributed by atoms with E-state index in [1.54, 1.807) is 37.3 Å². The summed E-state index contributed by atoms with van der Waals surface area (Å²) in [6, 6.07) is 7.54. The second-order valence-electron chi connectivity index (χ2n) is 7.27. The first-order valence-corrected chi connectivity index (χ1v) is 11.4. The minimum absolute atomic E-state index is 0.0573. The maximum atomic E-state index is 13.2. The van der Waals surface area contributed by atoms with Gasteiger partial charge in [0.2, 0.25) is 0 Å². The third kappa shape index (κ3) is 4.91. The van der Waals surface area contributed by atoms with Crippen LogP contribution in [0, 0.1) is 10.5 Å². The Morgan fingerprint density at radius 3 is 2.59 bits per heavy atom. The topological polar surface area (TPSA) is 84.9 Å². The van der Waals surface area contributed by atoms with Gasteiger partial charge in [0.25, 0.3) is 11.8 Å². The minimum Gasteiger partial charge on any atom is -0.490 e. The van der Waals surface area contributed by atoms with Gasteiger partial charge in [-0.2, -0.15) is 0 Å². The van der Waals surface area contributed by atoms with Crippen molar-refractivity contribution in [3.63, 3.8) is 0 Å². The summed E-state index contributed by atoms with van der Waals surface area (Å²) >= 11 is 8.28. The first-order valence-electron chi connectivity index (χ1n) is 9.93. The van der Waals surface area contributed by atoms with E-state index < -0.39 is 17.8 Å². The lowest BCUT2D eigenvalue weighted by molar-refractivity contribution is -0.122. The Balaban J connectivity index is 2.07. The normalized spacial score (nSPS) is 15.4. The van der Waals surface area contributed by atoms with Gasteiger partial charge in [0.1, 0.15) is 5.57 Å². The van der Waals surface area contributed by atoms with Crippen molar-refractivity contribution in [2.24, 2.45) is 0 Å². The molecule has 0 atom stereocenters. The Bertz CT molecular complexity index is 1130. The number of urea groups is 1. The predicted molar refractivity (Wildman–Crippen MR) is 131 cm³/mol. The maximum Gasteiger partial charge on any atom is 0.335 e. The van der Waals surface area contributed by atoms with Gasteiger partial charge in [-0.25, -0.2) is 9.69 Å². The third-order valence-electron chi connectivity index (χ3n) is 4.58. The Hall–Kier alpha value is -2.59. The van der Waals surface area contributed by atoms with Gasteiger partial charge in [-0.1, -0.05) is 17.7 Å². The Labute approximate surface area is 204 Å². The van der Waals surface area contributed by atoms with Crippen LogP contribution >= 0.6 is 34.2 Å². The van der Waals surface area contributed by atoms with Crippen LogP contribution in [0.5, 0.6) is 11.5 Å². The molecule has 0 spiro atoms. The van der Waals surface area contributed by atoms with Gasteiger partial charge in [-0.05, 0) is 91.8 Å². The summed E-state index contributed by atoms with van der Waals surface area (Å²) in [5.41, 5.74) is 1.24. The van der Waals surface area contributed by atoms with E-state index in [9.17, 15) is 14.4 Å². The van der Waals surface area contributed by atoms with Crippen molar-refractivity contribution in [2.75, 3.05) is 11.5 Å². The van der Waals surface area contributed by atoms with E-state index >= 15 is 0 Å². The molecule has 1 aliphatic heterocycles. The molecule has 0 radical (unpaired) electrons. The number of benzene rings is 2. The second kappa shape index (κ2) is 9.91. The molecule has 32 heavy (non-hydrogen) atoms. The van der Waals surface area contributed by atoms with E-state index in [4.69, 9.17) is 21.1 Å². The van der Waals surface area contributed by atoms with Crippen molar-refractivity contribution >= 4 is 63.8 Å². The van der Waals surface area contributed by atoms with E-state index in [0.717, 1.165) is 8.47 Å². The van der Waals surface area contributed by atoms with Crippen LogP contribution in [0.15, 0.2) is 35.9 Å². The van der Waals surface area contributed by atoms with Crippen LogP contribution in [0.1, 0.15) is 31.9 Å². The standard InChI is InChI=1S/C23H22ClIN2O5/c1-5-31-19-11-14(10-17(25)20(19)32-12(2)3)9-15-21(28)26-23(30)27(22(15)29)18-8-6-7-16(24)13(18)4/h6-12H,5H2,1-4H3,(H,26,28,30)/b15-9+. The molecular weight excluding hydrogens is 547 g/mol. The van der Waals surface area contributed by atoms with Gasteiger partial charge in [0.05, 0.1) is 22.0 Å². The monoisotopic (exact) mass is 568 g/mol. The Morgan fingerprint density at radius 1 is 1.22 bits per heavy atom. The third-order valence-corrected chi connectivity index (χ3v) is 5.79. The van der Waals surface area contributed by atoms with Crippen molar-refractivity contribution in [1.82, 2.24) is 5.32 Å². The Kier molecular flexibility index (Phi) is 7.45. The molecule has 7 nitrogen and oxygen atoms in total. The summed E-state index contributed by atoms with van der Waals surface area (Å²) in [5, 5.41) is 2.63. The summed E-state index contributed by atoms with van der Waals surface area (Å²) in [6.45, 7) is 7.79. The fourth-order valence-corrected chi connectivity index (χ4v) is 4.09. The number of hydrogen-bond donors (Lipinski definition) is 1. The molecule has 2 aromatic carbocycles. The number of carbonyl (C=O) groups excluding carboxylic acids is 3. The number of rotatable bonds is 6.